The topological polar surface area (TPSA) is 35.5 Å². The van der Waals surface area contributed by atoms with Gasteiger partial charge in [0.2, 0.25) is 0 Å². The Balaban J connectivity index is 1.52. The van der Waals surface area contributed by atoms with Crippen LogP contribution in [0.25, 0.3) is 0 Å². The van der Waals surface area contributed by atoms with Crippen molar-refractivity contribution in [2.24, 2.45) is 34.5 Å². The highest BCUT2D eigenvalue weighted by Gasteiger charge is 2.68. The predicted octanol–water partition coefficient (Wildman–Crippen LogP) is 4.34. The molecule has 4 aliphatic carbocycles. The van der Waals surface area contributed by atoms with Gasteiger partial charge in [0.1, 0.15) is 5.78 Å². The maximum atomic E-state index is 13.2. The van der Waals surface area contributed by atoms with Crippen LogP contribution < -0.4 is 0 Å². The molecule has 1 aliphatic heterocycles. The van der Waals surface area contributed by atoms with Crippen LogP contribution in [0.3, 0.4) is 0 Å². The molecule has 0 radical (unpaired) electrons. The van der Waals surface area contributed by atoms with Gasteiger partial charge < -0.3 is 9.47 Å². The van der Waals surface area contributed by atoms with E-state index in [-0.39, 0.29) is 17.1 Å². The molecule has 0 bridgehead atoms. The lowest BCUT2D eigenvalue weighted by Crippen LogP contribution is -2.59. The second-order valence-corrected chi connectivity index (χ2v) is 9.80. The third kappa shape index (κ3) is 1.79. The van der Waals surface area contributed by atoms with Crippen LogP contribution in [0.15, 0.2) is 0 Å². The summed E-state index contributed by atoms with van der Waals surface area (Å²) in [6.07, 6.45) is 10.6. The number of ketones is 1. The van der Waals surface area contributed by atoms with E-state index in [1.54, 1.807) is 0 Å². The highest BCUT2D eigenvalue weighted by atomic mass is 16.7. The largest absolute Gasteiger partial charge is 0.347 e. The minimum atomic E-state index is -0.382. The van der Waals surface area contributed by atoms with Crippen LogP contribution >= 0.6 is 0 Å². The number of Topliss-reactive ketones (excluding diaryl/α,β-unsaturated/α-hetero) is 1. The van der Waals surface area contributed by atoms with Gasteiger partial charge in [0.05, 0.1) is 13.2 Å². The van der Waals surface area contributed by atoms with Crippen LogP contribution in [-0.2, 0) is 14.3 Å². The van der Waals surface area contributed by atoms with E-state index in [1.165, 1.54) is 38.5 Å². The zero-order chi connectivity index (χ0) is 16.6. The van der Waals surface area contributed by atoms with Gasteiger partial charge in [-0.3, -0.25) is 4.79 Å². The monoisotopic (exact) mass is 332 g/mol. The van der Waals surface area contributed by atoms with E-state index in [1.807, 2.05) is 0 Å². The third-order valence-electron chi connectivity index (χ3n) is 9.19. The SMILES string of the molecule is CC12CCCCC1CC(=O)C1C2CCC2(C)C1CCC21OCCO1. The molecule has 1 spiro atoms. The lowest BCUT2D eigenvalue weighted by atomic mass is 9.45. The number of hydrogen-bond donors (Lipinski definition) is 0. The molecular weight excluding hydrogens is 300 g/mol. The highest BCUT2D eigenvalue weighted by Crippen LogP contribution is 2.68. The zero-order valence-electron chi connectivity index (χ0n) is 15.3. The Morgan fingerprint density at radius 2 is 1.67 bits per heavy atom. The second kappa shape index (κ2) is 5.07. The Morgan fingerprint density at radius 3 is 2.46 bits per heavy atom. The number of carbonyl (C=O) groups excluding carboxylic acids is 1. The van der Waals surface area contributed by atoms with E-state index in [2.05, 4.69) is 13.8 Å². The summed E-state index contributed by atoms with van der Waals surface area (Å²) in [6.45, 7) is 6.35. The Kier molecular flexibility index (Phi) is 3.34. The summed E-state index contributed by atoms with van der Waals surface area (Å²) in [7, 11) is 0. The van der Waals surface area contributed by atoms with Gasteiger partial charge in [-0.2, -0.15) is 0 Å². The molecular formula is C21H32O3. The van der Waals surface area contributed by atoms with Crippen molar-refractivity contribution in [1.82, 2.24) is 0 Å². The smallest absolute Gasteiger partial charge is 0.174 e. The molecule has 0 aromatic carbocycles. The van der Waals surface area contributed by atoms with Crippen molar-refractivity contribution in [3.8, 4) is 0 Å². The Hall–Kier alpha value is -0.410. The molecule has 1 heterocycles. The third-order valence-corrected chi connectivity index (χ3v) is 9.19. The molecule has 3 nitrogen and oxygen atoms in total. The van der Waals surface area contributed by atoms with Gasteiger partial charge in [0, 0.05) is 24.2 Å². The van der Waals surface area contributed by atoms with Crippen molar-refractivity contribution in [3.63, 3.8) is 0 Å². The Morgan fingerprint density at radius 1 is 0.917 bits per heavy atom. The molecule has 5 rings (SSSR count). The Labute approximate surface area is 145 Å². The molecule has 1 saturated heterocycles. The van der Waals surface area contributed by atoms with Crippen LogP contribution in [0.2, 0.25) is 0 Å². The van der Waals surface area contributed by atoms with Crippen molar-refractivity contribution in [1.29, 1.82) is 0 Å². The van der Waals surface area contributed by atoms with Crippen molar-refractivity contribution in [3.05, 3.63) is 0 Å². The molecule has 24 heavy (non-hydrogen) atoms. The summed E-state index contributed by atoms with van der Waals surface area (Å²) in [5.41, 5.74) is 0.448. The fourth-order valence-electron chi connectivity index (χ4n) is 7.85. The minimum absolute atomic E-state index is 0.0399. The van der Waals surface area contributed by atoms with Gasteiger partial charge in [0.15, 0.2) is 5.79 Å². The van der Waals surface area contributed by atoms with Crippen LogP contribution in [-0.4, -0.2) is 24.8 Å². The summed E-state index contributed by atoms with van der Waals surface area (Å²) in [6, 6.07) is 0. The van der Waals surface area contributed by atoms with Crippen molar-refractivity contribution >= 4 is 5.78 Å². The molecule has 5 aliphatic rings. The fourth-order valence-corrected chi connectivity index (χ4v) is 7.85. The van der Waals surface area contributed by atoms with Crippen LogP contribution in [0.1, 0.15) is 71.6 Å². The molecule has 134 valence electrons. The summed E-state index contributed by atoms with van der Waals surface area (Å²) in [5.74, 6) is 2.21. The number of ether oxygens (including phenoxy) is 2. The van der Waals surface area contributed by atoms with Gasteiger partial charge in [-0.05, 0) is 55.3 Å². The van der Waals surface area contributed by atoms with E-state index in [4.69, 9.17) is 9.47 Å². The zero-order valence-corrected chi connectivity index (χ0v) is 15.3. The molecule has 3 heteroatoms. The summed E-state index contributed by atoms with van der Waals surface area (Å²) in [5, 5.41) is 0. The van der Waals surface area contributed by atoms with Gasteiger partial charge in [-0.25, -0.2) is 0 Å². The molecule has 0 aromatic heterocycles. The first-order valence-electron chi connectivity index (χ1n) is 10.3. The molecule has 4 saturated carbocycles. The normalized spacial score (nSPS) is 52.8. The fraction of sp³-hybridized carbons (Fsp3) is 0.952. The first-order valence-corrected chi connectivity index (χ1v) is 10.3. The van der Waals surface area contributed by atoms with Crippen LogP contribution in [0.5, 0.6) is 0 Å². The average Bonchev–Trinajstić information content (AvgIpc) is 3.15. The van der Waals surface area contributed by atoms with Crippen molar-refractivity contribution in [2.75, 3.05) is 13.2 Å². The lowest BCUT2D eigenvalue weighted by Gasteiger charge is -2.60. The van der Waals surface area contributed by atoms with Crippen molar-refractivity contribution in [2.45, 2.75) is 77.4 Å². The van der Waals surface area contributed by atoms with Gasteiger partial charge >= 0.3 is 0 Å². The average molecular weight is 332 g/mol. The summed E-state index contributed by atoms with van der Waals surface area (Å²) < 4.78 is 12.4. The first kappa shape index (κ1) is 15.8. The predicted molar refractivity (Wildman–Crippen MR) is 91.4 cm³/mol. The number of rotatable bonds is 0. The second-order valence-electron chi connectivity index (χ2n) is 9.80. The van der Waals surface area contributed by atoms with E-state index >= 15 is 0 Å². The Bertz CT molecular complexity index is 551. The van der Waals surface area contributed by atoms with E-state index in [0.29, 0.717) is 29.0 Å². The lowest BCUT2D eigenvalue weighted by molar-refractivity contribution is -0.244. The van der Waals surface area contributed by atoms with Crippen molar-refractivity contribution < 1.29 is 14.3 Å². The van der Waals surface area contributed by atoms with Crippen LogP contribution in [0.4, 0.5) is 0 Å². The van der Waals surface area contributed by atoms with E-state index < -0.39 is 0 Å². The number of hydrogen-bond acceptors (Lipinski definition) is 3. The standard InChI is InChI=1S/C21H32O3/c1-19-8-4-3-5-14(19)13-17(22)18-15(19)6-9-20(2)16(18)7-10-21(20)23-11-12-24-21/h14-16,18H,3-13H2,1-2H3. The summed E-state index contributed by atoms with van der Waals surface area (Å²) in [4.78, 5) is 13.2. The first-order chi connectivity index (χ1) is 11.5. The molecule has 6 unspecified atom stereocenters. The number of carbonyl (C=O) groups is 1. The molecule has 5 fully saturated rings. The minimum Gasteiger partial charge on any atom is -0.347 e. The molecule has 0 amide bonds. The van der Waals surface area contributed by atoms with Gasteiger partial charge in [-0.15, -0.1) is 0 Å². The maximum absolute atomic E-state index is 13.2. The molecule has 0 aromatic rings. The van der Waals surface area contributed by atoms with E-state index in [9.17, 15) is 4.79 Å². The number of fused-ring (bicyclic) bond motifs is 6. The van der Waals surface area contributed by atoms with E-state index in [0.717, 1.165) is 32.5 Å². The van der Waals surface area contributed by atoms with Gasteiger partial charge in [-0.1, -0.05) is 26.7 Å². The maximum Gasteiger partial charge on any atom is 0.174 e. The van der Waals surface area contributed by atoms with Gasteiger partial charge in [0.25, 0.3) is 0 Å². The summed E-state index contributed by atoms with van der Waals surface area (Å²) >= 11 is 0. The molecule has 6 atom stereocenters. The molecule has 0 N–H and O–H groups in total. The quantitative estimate of drug-likeness (QED) is 0.662. The highest BCUT2D eigenvalue weighted by molar-refractivity contribution is 5.83. The van der Waals surface area contributed by atoms with Crippen LogP contribution in [0, 0.1) is 34.5 Å².